The third kappa shape index (κ3) is 57.6. The molecule has 0 radical (unpaired) electrons. The van der Waals surface area contributed by atoms with Gasteiger partial charge in [0.1, 0.15) is 19.3 Å². The van der Waals surface area contributed by atoms with E-state index in [2.05, 4.69) is 111 Å². The smallest absolute Gasteiger partial charge is 0.456 e. The molecule has 0 aromatic heterocycles. The van der Waals surface area contributed by atoms with Gasteiger partial charge in [-0.3, -0.25) is 18.6 Å². The third-order valence-electron chi connectivity index (χ3n) is 13.8. The van der Waals surface area contributed by atoms with Crippen LogP contribution in [0.2, 0.25) is 0 Å². The average molecular weight is 1110 g/mol. The van der Waals surface area contributed by atoms with Gasteiger partial charge in [0.05, 0.1) is 33.8 Å². The van der Waals surface area contributed by atoms with Gasteiger partial charge in [-0.1, -0.05) is 247 Å². The van der Waals surface area contributed by atoms with Crippen LogP contribution in [-0.4, -0.2) is 74.3 Å². The lowest BCUT2D eigenvalue weighted by atomic mass is 10.0. The Balaban J connectivity index is 5.27. The minimum atomic E-state index is -4.46. The van der Waals surface area contributed by atoms with Crippen molar-refractivity contribution in [2.75, 3.05) is 40.9 Å². The number of carbonyl (C=O) groups is 2. The maximum absolute atomic E-state index is 13.6. The Hall–Kier alpha value is -3.07. The van der Waals surface area contributed by atoms with Crippen molar-refractivity contribution < 1.29 is 37.3 Å². The number of esters is 1. The molecule has 1 amide bonds. The molecule has 0 saturated carbocycles. The van der Waals surface area contributed by atoms with Crippen molar-refractivity contribution in [3.63, 3.8) is 0 Å². The number of phosphoric acid groups is 1. The summed E-state index contributed by atoms with van der Waals surface area (Å²) in [5, 5.41) is 3.05. The first-order chi connectivity index (χ1) is 37.9. The molecule has 0 saturated heterocycles. The van der Waals surface area contributed by atoms with Crippen LogP contribution in [0.1, 0.15) is 271 Å². The van der Waals surface area contributed by atoms with E-state index in [4.69, 9.17) is 13.8 Å². The molecule has 3 atom stereocenters. The molecule has 78 heavy (non-hydrogen) atoms. The average Bonchev–Trinajstić information content (AvgIpc) is 3.40. The summed E-state index contributed by atoms with van der Waals surface area (Å²) < 4.78 is 30.7. The molecular weight excluding hydrogens is 988 g/mol. The number of allylic oxidation sites excluding steroid dienone is 15. The molecule has 2 N–H and O–H groups in total. The van der Waals surface area contributed by atoms with E-state index in [0.29, 0.717) is 23.9 Å². The van der Waals surface area contributed by atoms with Gasteiger partial charge in [0.2, 0.25) is 5.91 Å². The van der Waals surface area contributed by atoms with Crippen molar-refractivity contribution in [3.8, 4) is 0 Å². The van der Waals surface area contributed by atoms with Crippen molar-refractivity contribution in [1.29, 1.82) is 0 Å². The van der Waals surface area contributed by atoms with Crippen LogP contribution in [0.4, 0.5) is 0 Å². The van der Waals surface area contributed by atoms with Gasteiger partial charge in [0.25, 0.3) is 0 Å². The minimum absolute atomic E-state index is 0.0302. The maximum Gasteiger partial charge on any atom is 0.472 e. The fourth-order valence-corrected chi connectivity index (χ4v) is 9.56. The second kappa shape index (κ2) is 57.2. The number of hydrogen-bond acceptors (Lipinski definition) is 6. The van der Waals surface area contributed by atoms with Crippen LogP contribution >= 0.6 is 7.82 Å². The highest BCUT2D eigenvalue weighted by Gasteiger charge is 2.30. The lowest BCUT2D eigenvalue weighted by Gasteiger charge is -2.27. The molecule has 0 aromatic carbocycles. The number of unbranched alkanes of at least 4 members (excludes halogenated alkanes) is 27. The van der Waals surface area contributed by atoms with E-state index in [1.54, 1.807) is 0 Å². The molecule has 450 valence electrons. The topological polar surface area (TPSA) is 111 Å². The van der Waals surface area contributed by atoms with Gasteiger partial charge in [-0.2, -0.15) is 0 Å². The molecule has 10 heteroatoms. The van der Waals surface area contributed by atoms with Gasteiger partial charge in [0.15, 0.2) is 0 Å². The first-order valence-electron chi connectivity index (χ1n) is 32.1. The first kappa shape index (κ1) is 74.9. The summed E-state index contributed by atoms with van der Waals surface area (Å²) >= 11 is 0. The predicted molar refractivity (Wildman–Crippen MR) is 337 cm³/mol. The van der Waals surface area contributed by atoms with E-state index in [1.165, 1.54) is 135 Å². The Labute approximate surface area is 481 Å². The van der Waals surface area contributed by atoms with E-state index >= 15 is 0 Å². The van der Waals surface area contributed by atoms with E-state index in [0.717, 1.165) is 96.3 Å². The van der Waals surface area contributed by atoms with E-state index < -0.39 is 20.0 Å². The Bertz CT molecular complexity index is 1660. The monoisotopic (exact) mass is 1110 g/mol. The number of phosphoric ester groups is 1. The van der Waals surface area contributed by atoms with Crippen LogP contribution in [0.3, 0.4) is 0 Å². The Morgan fingerprint density at radius 3 is 1.27 bits per heavy atom. The number of likely N-dealkylation sites (N-methyl/N-ethyl adjacent to an activating group) is 1. The largest absolute Gasteiger partial charge is 0.472 e. The number of quaternary nitrogens is 1. The van der Waals surface area contributed by atoms with Crippen molar-refractivity contribution in [3.05, 3.63) is 97.2 Å². The first-order valence-corrected chi connectivity index (χ1v) is 33.6. The second-order valence-corrected chi connectivity index (χ2v) is 24.0. The molecular formula is C68H122N2O7P+. The fraction of sp³-hybridized carbons (Fsp3) is 0.735. The van der Waals surface area contributed by atoms with Crippen molar-refractivity contribution in [2.45, 2.75) is 283 Å². The molecule has 0 heterocycles. The zero-order valence-electron chi connectivity index (χ0n) is 51.4. The molecule has 0 aromatic rings. The zero-order valence-corrected chi connectivity index (χ0v) is 52.3. The van der Waals surface area contributed by atoms with Crippen LogP contribution in [-0.2, 0) is 27.9 Å². The Kier molecular flexibility index (Phi) is 54.9. The van der Waals surface area contributed by atoms with Gasteiger partial charge in [-0.05, 0) is 109 Å². The third-order valence-corrected chi connectivity index (χ3v) is 14.7. The van der Waals surface area contributed by atoms with Crippen molar-refractivity contribution >= 4 is 19.7 Å². The highest BCUT2D eigenvalue weighted by atomic mass is 31.2. The van der Waals surface area contributed by atoms with Gasteiger partial charge in [0, 0.05) is 12.8 Å². The van der Waals surface area contributed by atoms with Crippen LogP contribution in [0, 0.1) is 0 Å². The van der Waals surface area contributed by atoms with Crippen LogP contribution in [0.15, 0.2) is 97.2 Å². The zero-order chi connectivity index (χ0) is 57.2. The number of rotatable bonds is 57. The van der Waals surface area contributed by atoms with Gasteiger partial charge in [-0.15, -0.1) is 0 Å². The molecule has 0 aliphatic rings. The van der Waals surface area contributed by atoms with E-state index in [-0.39, 0.29) is 31.5 Å². The van der Waals surface area contributed by atoms with Gasteiger partial charge < -0.3 is 19.4 Å². The van der Waals surface area contributed by atoms with E-state index in [9.17, 15) is 19.0 Å². The number of ether oxygens (including phenoxy) is 1. The SMILES string of the molecule is CC/C=C\C/C=C\C/C=C\C/C=C\C/C=C\CCCCCC(=O)OC(/C=C/CCCCCCCCCCCC)C(COP(=O)(O)OCC[N+](C)(C)C)NC(=O)CCCCCCCCCCCCC/C=C\C/C=C\CCCCC. The molecule has 0 aliphatic carbocycles. The van der Waals surface area contributed by atoms with Gasteiger partial charge >= 0.3 is 13.8 Å². The number of nitrogens with zero attached hydrogens (tertiary/aromatic N) is 1. The van der Waals surface area contributed by atoms with Crippen LogP contribution < -0.4 is 5.32 Å². The molecule has 0 spiro atoms. The Morgan fingerprint density at radius 1 is 0.462 bits per heavy atom. The molecule has 0 fully saturated rings. The fourth-order valence-electron chi connectivity index (χ4n) is 8.82. The summed E-state index contributed by atoms with van der Waals surface area (Å²) in [6.45, 7) is 6.85. The second-order valence-electron chi connectivity index (χ2n) is 22.5. The summed E-state index contributed by atoms with van der Waals surface area (Å²) in [5.41, 5.74) is 0. The highest BCUT2D eigenvalue weighted by Crippen LogP contribution is 2.43. The number of hydrogen-bond donors (Lipinski definition) is 2. The molecule has 9 nitrogen and oxygen atoms in total. The predicted octanol–water partition coefficient (Wildman–Crippen LogP) is 19.9. The number of nitrogens with one attached hydrogen (secondary N) is 1. The minimum Gasteiger partial charge on any atom is -0.456 e. The summed E-state index contributed by atoms with van der Waals surface area (Å²) in [6.07, 6.45) is 76.9. The summed E-state index contributed by atoms with van der Waals surface area (Å²) in [5.74, 6) is -0.546. The van der Waals surface area contributed by atoms with Crippen LogP contribution in [0.25, 0.3) is 0 Å². The lowest BCUT2D eigenvalue weighted by Crippen LogP contribution is -2.47. The highest BCUT2D eigenvalue weighted by molar-refractivity contribution is 7.47. The molecule has 0 rings (SSSR count). The normalized spacial score (nSPS) is 14.3. The molecule has 0 aliphatic heterocycles. The van der Waals surface area contributed by atoms with Gasteiger partial charge in [-0.25, -0.2) is 4.57 Å². The van der Waals surface area contributed by atoms with Crippen molar-refractivity contribution in [2.24, 2.45) is 0 Å². The standard InChI is InChI=1S/C68H121N2O7P/c1-7-10-13-16-19-22-25-28-30-32-34-35-37-38-40-42-45-48-51-54-57-60-67(71)69-65(64-76-78(73,74)75-63-62-70(4,5)6)66(59-56-53-50-47-44-27-24-21-18-15-12-9-3)77-68(72)61-58-55-52-49-46-43-41-39-36-33-31-29-26-23-20-17-14-11-8-2/h11,14,19-20,22-23,28-31,36,39,43,46,56,59,65-66H,7-10,12-13,15-18,21,24-27,32-35,37-38,40-42,44-45,47-55,57-58,60-64H2,1-6H3,(H-,69,71,73,74)/p+1/b14-11-,22-19-,23-20-,30-28-,31-29-,39-36-,46-43-,59-56+. The maximum atomic E-state index is 13.6. The lowest BCUT2D eigenvalue weighted by molar-refractivity contribution is -0.870. The molecule has 0 bridgehead atoms. The summed E-state index contributed by atoms with van der Waals surface area (Å²) in [4.78, 5) is 37.8. The number of carbonyl (C=O) groups excluding carboxylic acids is 2. The quantitative estimate of drug-likeness (QED) is 0.0205. The summed E-state index contributed by atoms with van der Waals surface area (Å²) in [6, 6.07) is -0.869. The van der Waals surface area contributed by atoms with Crippen molar-refractivity contribution in [1.82, 2.24) is 5.32 Å². The Morgan fingerprint density at radius 2 is 0.821 bits per heavy atom. The number of amides is 1. The molecule has 3 unspecified atom stereocenters. The van der Waals surface area contributed by atoms with E-state index in [1.807, 2.05) is 33.3 Å². The van der Waals surface area contributed by atoms with Crippen LogP contribution in [0.5, 0.6) is 0 Å². The summed E-state index contributed by atoms with van der Waals surface area (Å²) in [7, 11) is 1.47.